The van der Waals surface area contributed by atoms with Gasteiger partial charge in [0.2, 0.25) is 0 Å². The Labute approximate surface area is 460 Å². The quantitative estimate of drug-likeness (QED) is 0.0211. The first-order valence-electron chi connectivity index (χ1n) is 29.4. The molecule has 0 aliphatic heterocycles. The Bertz CT molecular complexity index is 1730. The molecule has 0 aliphatic rings. The maximum atomic E-state index is 12.8. The number of phosphoric acid groups is 1. The fourth-order valence-corrected chi connectivity index (χ4v) is 8.13. The number of unbranched alkanes of at least 4 members (excludes halogenated alkanes) is 16. The van der Waals surface area contributed by atoms with Gasteiger partial charge in [0.15, 0.2) is 6.10 Å². The molecule has 10 heteroatoms. The van der Waals surface area contributed by atoms with Gasteiger partial charge in [0, 0.05) is 12.8 Å². The van der Waals surface area contributed by atoms with Crippen molar-refractivity contribution in [1.29, 1.82) is 0 Å². The van der Waals surface area contributed by atoms with E-state index < -0.39 is 26.5 Å². The first-order valence-corrected chi connectivity index (χ1v) is 30.9. The van der Waals surface area contributed by atoms with E-state index in [1.54, 1.807) is 0 Å². The van der Waals surface area contributed by atoms with Gasteiger partial charge in [0.05, 0.1) is 27.7 Å². The highest BCUT2D eigenvalue weighted by Gasteiger charge is 2.27. The number of hydrogen-bond donors (Lipinski definition) is 1. The molecule has 2 atom stereocenters. The fraction of sp³-hybridized carbons (Fsp3) is 0.631. The lowest BCUT2D eigenvalue weighted by Gasteiger charge is -2.24. The number of carbonyl (C=O) groups excluding carboxylic acids is 2. The van der Waals surface area contributed by atoms with E-state index in [1.165, 1.54) is 38.5 Å². The van der Waals surface area contributed by atoms with Crippen LogP contribution in [-0.2, 0) is 32.7 Å². The fourth-order valence-electron chi connectivity index (χ4n) is 7.39. The second-order valence-electron chi connectivity index (χ2n) is 20.3. The molecule has 0 amide bonds. The normalized spacial score (nSPS) is 14.3. The topological polar surface area (TPSA) is 108 Å². The summed E-state index contributed by atoms with van der Waals surface area (Å²) < 4.78 is 34.5. The van der Waals surface area contributed by atoms with Crippen LogP contribution >= 0.6 is 7.82 Å². The van der Waals surface area contributed by atoms with E-state index in [2.05, 4.69) is 148 Å². The first-order chi connectivity index (χ1) is 36.5. The van der Waals surface area contributed by atoms with Crippen LogP contribution in [-0.4, -0.2) is 74.9 Å². The van der Waals surface area contributed by atoms with E-state index in [0.29, 0.717) is 17.4 Å². The van der Waals surface area contributed by atoms with Crippen LogP contribution < -0.4 is 0 Å². The molecule has 0 radical (unpaired) electrons. The third-order valence-corrected chi connectivity index (χ3v) is 12.9. The Morgan fingerprint density at radius 2 is 0.760 bits per heavy atom. The van der Waals surface area contributed by atoms with E-state index in [-0.39, 0.29) is 32.0 Å². The minimum atomic E-state index is -4.40. The summed E-state index contributed by atoms with van der Waals surface area (Å²) in [5, 5.41) is 0. The van der Waals surface area contributed by atoms with Crippen molar-refractivity contribution in [1.82, 2.24) is 0 Å². The van der Waals surface area contributed by atoms with E-state index in [0.717, 1.165) is 141 Å². The number of hydrogen-bond acceptors (Lipinski definition) is 7. The molecular formula is C65H109NO8P+. The molecule has 0 bridgehead atoms. The molecule has 9 nitrogen and oxygen atoms in total. The molecule has 0 aromatic heterocycles. The maximum absolute atomic E-state index is 12.8. The zero-order valence-corrected chi connectivity index (χ0v) is 49.1. The standard InChI is InChI=1S/C65H108NO8P/c1-6-8-10-12-14-16-18-20-22-23-24-25-26-27-28-29-30-31-32-33-34-35-36-37-38-39-40-41-42-43-44-46-48-50-52-54-56-58-65(68)74-63(62-73-75(69,70)72-60-59-66(3,4)5)61-71-64(67)57-55-53-51-49-47-45-21-19-17-15-13-11-9-7-2/h8,10,14,16,19-22,24-25,27-28,30-31,33-34,36-37,39-40,42-43,63H,6-7,9,11-13,15,17-18,23,26,29,32,35,38,41,44-62H2,1-5H3/p+1/b10-8-,16-14-,21-19-,22-20-,25-24-,28-27-,31-30-,34-33-,37-36-,40-39-,43-42-. The summed E-state index contributed by atoms with van der Waals surface area (Å²) in [6.07, 6.45) is 79.5. The van der Waals surface area contributed by atoms with Gasteiger partial charge in [-0.15, -0.1) is 0 Å². The molecule has 0 aromatic rings. The number of ether oxygens (including phenoxy) is 2. The third-order valence-electron chi connectivity index (χ3n) is 11.9. The number of quaternary nitrogens is 1. The van der Waals surface area contributed by atoms with E-state index in [9.17, 15) is 19.0 Å². The third kappa shape index (κ3) is 59.3. The Kier molecular flexibility index (Phi) is 52.1. The van der Waals surface area contributed by atoms with Gasteiger partial charge in [-0.3, -0.25) is 18.6 Å². The first kappa shape index (κ1) is 71.2. The number of allylic oxidation sites excluding steroid dienone is 22. The zero-order chi connectivity index (χ0) is 54.9. The minimum Gasteiger partial charge on any atom is -0.462 e. The van der Waals surface area contributed by atoms with Gasteiger partial charge in [-0.05, 0) is 116 Å². The highest BCUT2D eigenvalue weighted by atomic mass is 31.2. The van der Waals surface area contributed by atoms with Crippen molar-refractivity contribution in [3.8, 4) is 0 Å². The SMILES string of the molecule is CC/C=C\C/C=C\C/C=C\C/C=C\C/C=C\C/C=C\C/C=C\C/C=C\C/C=C\C/C=C\CCCCCCCCC(=O)OC(COC(=O)CCCCCCC/C=C\CCCCCCC)COP(=O)(O)OCC[N+](C)(C)C. The van der Waals surface area contributed by atoms with Crippen LogP contribution in [0.1, 0.15) is 213 Å². The molecule has 0 fully saturated rings. The molecular weight excluding hydrogens is 954 g/mol. The molecule has 0 saturated heterocycles. The van der Waals surface area contributed by atoms with Crippen molar-refractivity contribution in [2.45, 2.75) is 219 Å². The summed E-state index contributed by atoms with van der Waals surface area (Å²) in [6.45, 7) is 4.26. The molecule has 0 aliphatic carbocycles. The predicted octanol–water partition coefficient (Wildman–Crippen LogP) is 18.5. The van der Waals surface area contributed by atoms with Crippen molar-refractivity contribution >= 4 is 19.8 Å². The highest BCUT2D eigenvalue weighted by molar-refractivity contribution is 7.47. The van der Waals surface area contributed by atoms with Crippen LogP contribution in [0.2, 0.25) is 0 Å². The zero-order valence-electron chi connectivity index (χ0n) is 48.2. The van der Waals surface area contributed by atoms with Gasteiger partial charge in [0.1, 0.15) is 19.8 Å². The highest BCUT2D eigenvalue weighted by Crippen LogP contribution is 2.43. The number of rotatable bonds is 52. The molecule has 75 heavy (non-hydrogen) atoms. The second-order valence-corrected chi connectivity index (χ2v) is 21.7. The molecule has 0 spiro atoms. The largest absolute Gasteiger partial charge is 0.472 e. The number of esters is 2. The van der Waals surface area contributed by atoms with Crippen LogP contribution in [0.25, 0.3) is 0 Å². The second kappa shape index (κ2) is 54.9. The van der Waals surface area contributed by atoms with E-state index >= 15 is 0 Å². The average molecular weight is 1060 g/mol. The molecule has 0 aromatic carbocycles. The molecule has 0 saturated carbocycles. The van der Waals surface area contributed by atoms with Gasteiger partial charge in [-0.1, -0.05) is 218 Å². The van der Waals surface area contributed by atoms with E-state index in [1.807, 2.05) is 21.1 Å². The number of likely N-dealkylation sites (N-methyl/N-ethyl adjacent to an activating group) is 1. The van der Waals surface area contributed by atoms with Crippen molar-refractivity contribution in [2.75, 3.05) is 47.5 Å². The summed E-state index contributed by atoms with van der Waals surface area (Å²) in [7, 11) is 1.44. The Hall–Kier alpha value is -3.85. The van der Waals surface area contributed by atoms with Crippen molar-refractivity contribution < 1.29 is 42.1 Å². The van der Waals surface area contributed by atoms with Crippen LogP contribution in [0.3, 0.4) is 0 Å². The van der Waals surface area contributed by atoms with Gasteiger partial charge in [-0.25, -0.2) is 4.57 Å². The van der Waals surface area contributed by atoms with Crippen LogP contribution in [0.4, 0.5) is 0 Å². The van der Waals surface area contributed by atoms with Gasteiger partial charge >= 0.3 is 19.8 Å². The van der Waals surface area contributed by atoms with Crippen molar-refractivity contribution in [2.24, 2.45) is 0 Å². The van der Waals surface area contributed by atoms with Crippen molar-refractivity contribution in [3.63, 3.8) is 0 Å². The van der Waals surface area contributed by atoms with Crippen LogP contribution in [0, 0.1) is 0 Å². The molecule has 426 valence electrons. The lowest BCUT2D eigenvalue weighted by atomic mass is 10.1. The predicted molar refractivity (Wildman–Crippen MR) is 320 cm³/mol. The smallest absolute Gasteiger partial charge is 0.462 e. The molecule has 2 unspecified atom stereocenters. The summed E-state index contributed by atoms with van der Waals surface area (Å²) in [6, 6.07) is 0. The summed E-state index contributed by atoms with van der Waals surface area (Å²) in [5.74, 6) is -0.834. The lowest BCUT2D eigenvalue weighted by Crippen LogP contribution is -2.37. The summed E-state index contributed by atoms with van der Waals surface area (Å²) in [5.41, 5.74) is 0. The lowest BCUT2D eigenvalue weighted by molar-refractivity contribution is -0.870. The Morgan fingerprint density at radius 3 is 1.15 bits per heavy atom. The van der Waals surface area contributed by atoms with E-state index in [4.69, 9.17) is 18.5 Å². The molecule has 0 rings (SSSR count). The van der Waals surface area contributed by atoms with Crippen LogP contribution in [0.15, 0.2) is 134 Å². The van der Waals surface area contributed by atoms with Crippen LogP contribution in [0.5, 0.6) is 0 Å². The Morgan fingerprint density at radius 1 is 0.427 bits per heavy atom. The Balaban J connectivity index is 4.19. The molecule has 1 N–H and O–H groups in total. The van der Waals surface area contributed by atoms with Crippen molar-refractivity contribution in [3.05, 3.63) is 134 Å². The maximum Gasteiger partial charge on any atom is 0.472 e. The van der Waals surface area contributed by atoms with Gasteiger partial charge < -0.3 is 18.9 Å². The number of phosphoric ester groups is 1. The monoisotopic (exact) mass is 1060 g/mol. The van der Waals surface area contributed by atoms with Gasteiger partial charge in [0.25, 0.3) is 0 Å². The summed E-state index contributed by atoms with van der Waals surface area (Å²) >= 11 is 0. The van der Waals surface area contributed by atoms with Gasteiger partial charge in [-0.2, -0.15) is 0 Å². The minimum absolute atomic E-state index is 0.0206. The average Bonchev–Trinajstić information content (AvgIpc) is 3.37. The summed E-state index contributed by atoms with van der Waals surface area (Å²) in [4.78, 5) is 35.6. The number of nitrogens with zero attached hydrogens (tertiary/aromatic N) is 1. The molecule has 0 heterocycles. The number of carbonyl (C=O) groups is 2.